The Hall–Kier alpha value is -2.68. The number of rotatable bonds is 20. The smallest absolute Gasteiger partial charge is 0.169 e. The topological polar surface area (TPSA) is 27.7 Å². The van der Waals surface area contributed by atoms with Crippen molar-refractivity contribution in [3.05, 3.63) is 60.7 Å². The fourth-order valence-corrected chi connectivity index (χ4v) is 4.62. The van der Waals surface area contributed by atoms with Crippen molar-refractivity contribution < 1.29 is 14.2 Å². The molecule has 3 nitrogen and oxygen atoms in total. The van der Waals surface area contributed by atoms with Gasteiger partial charge in [-0.15, -0.1) is 0 Å². The third kappa shape index (κ3) is 11.1. The molecule has 3 rings (SSSR count). The van der Waals surface area contributed by atoms with E-state index in [1.807, 2.05) is 30.3 Å². The third-order valence-corrected chi connectivity index (χ3v) is 6.87. The maximum atomic E-state index is 6.27. The van der Waals surface area contributed by atoms with E-state index in [0.29, 0.717) is 6.61 Å². The van der Waals surface area contributed by atoms with Crippen molar-refractivity contribution in [1.29, 1.82) is 0 Å². The molecule has 0 N–H and O–H groups in total. The monoisotopic (exact) mass is 504 g/mol. The molecule has 37 heavy (non-hydrogen) atoms. The van der Waals surface area contributed by atoms with E-state index in [1.165, 1.54) is 77.0 Å². The second-order valence-electron chi connectivity index (χ2n) is 10.2. The van der Waals surface area contributed by atoms with Crippen LogP contribution in [0.25, 0.3) is 10.8 Å². The first kappa shape index (κ1) is 28.9. The summed E-state index contributed by atoms with van der Waals surface area (Å²) in [6.45, 7) is 6.01. The van der Waals surface area contributed by atoms with Gasteiger partial charge >= 0.3 is 0 Å². The molecule has 0 fully saturated rings. The Morgan fingerprint density at radius 3 is 1.68 bits per heavy atom. The van der Waals surface area contributed by atoms with Gasteiger partial charge in [0.15, 0.2) is 11.5 Å². The average Bonchev–Trinajstić information content (AvgIpc) is 2.92. The van der Waals surface area contributed by atoms with E-state index in [-0.39, 0.29) is 0 Å². The lowest BCUT2D eigenvalue weighted by molar-refractivity contribution is 0.291. The lowest BCUT2D eigenvalue weighted by Gasteiger charge is -2.15. The predicted molar refractivity (Wildman–Crippen MR) is 157 cm³/mol. The molecule has 0 bridgehead atoms. The van der Waals surface area contributed by atoms with Crippen LogP contribution in [0.4, 0.5) is 0 Å². The summed E-state index contributed by atoms with van der Waals surface area (Å²) in [7, 11) is 0. The summed E-state index contributed by atoms with van der Waals surface area (Å²) < 4.78 is 18.6. The Kier molecular flexibility index (Phi) is 13.8. The summed E-state index contributed by atoms with van der Waals surface area (Å²) in [6, 6.07) is 20.4. The summed E-state index contributed by atoms with van der Waals surface area (Å²) in [6.07, 6.45) is 17.9. The van der Waals surface area contributed by atoms with Crippen LogP contribution in [-0.4, -0.2) is 13.2 Å². The number of para-hydroxylation sites is 1. The van der Waals surface area contributed by atoms with Crippen molar-refractivity contribution >= 4 is 10.8 Å². The summed E-state index contributed by atoms with van der Waals surface area (Å²) in [5, 5.41) is 2.24. The SMILES string of the molecule is CCCCCCCCCOc1ccc2cc(Oc3ccccc3)c(OCCCCCCCCC)cc2c1. The number of ether oxygens (including phenoxy) is 3. The zero-order chi connectivity index (χ0) is 26.0. The average molecular weight is 505 g/mol. The molecule has 0 radical (unpaired) electrons. The van der Waals surface area contributed by atoms with Crippen LogP contribution in [0.2, 0.25) is 0 Å². The number of fused-ring (bicyclic) bond motifs is 1. The first-order chi connectivity index (χ1) is 18.3. The Morgan fingerprint density at radius 1 is 0.459 bits per heavy atom. The molecular weight excluding hydrogens is 456 g/mol. The van der Waals surface area contributed by atoms with Crippen LogP contribution in [-0.2, 0) is 0 Å². The van der Waals surface area contributed by atoms with Crippen molar-refractivity contribution in [2.24, 2.45) is 0 Å². The minimum absolute atomic E-state index is 0.707. The van der Waals surface area contributed by atoms with E-state index in [2.05, 4.69) is 44.2 Å². The van der Waals surface area contributed by atoms with E-state index in [1.54, 1.807) is 0 Å². The number of benzene rings is 3. The van der Waals surface area contributed by atoms with Crippen LogP contribution in [0, 0.1) is 0 Å². The molecule has 0 saturated carbocycles. The van der Waals surface area contributed by atoms with E-state index >= 15 is 0 Å². The molecule has 3 heteroatoms. The van der Waals surface area contributed by atoms with Crippen LogP contribution in [0.15, 0.2) is 60.7 Å². The molecule has 0 heterocycles. The molecule has 0 aliphatic rings. The third-order valence-electron chi connectivity index (χ3n) is 6.87. The lowest BCUT2D eigenvalue weighted by Crippen LogP contribution is -2.00. The normalized spacial score (nSPS) is 11.1. The summed E-state index contributed by atoms with van der Waals surface area (Å²) in [5.74, 6) is 3.30. The van der Waals surface area contributed by atoms with Gasteiger partial charge < -0.3 is 14.2 Å². The highest BCUT2D eigenvalue weighted by molar-refractivity contribution is 5.87. The van der Waals surface area contributed by atoms with Crippen LogP contribution < -0.4 is 14.2 Å². The Labute approximate surface area is 225 Å². The van der Waals surface area contributed by atoms with Gasteiger partial charge in [-0.2, -0.15) is 0 Å². The highest BCUT2D eigenvalue weighted by atomic mass is 16.5. The molecule has 0 atom stereocenters. The molecule has 0 amide bonds. The Bertz CT molecular complexity index is 999. The number of hydrogen-bond donors (Lipinski definition) is 0. The van der Waals surface area contributed by atoms with Gasteiger partial charge in [0.05, 0.1) is 13.2 Å². The largest absolute Gasteiger partial charge is 0.494 e. The second kappa shape index (κ2) is 17.7. The highest BCUT2D eigenvalue weighted by Crippen LogP contribution is 2.37. The number of hydrogen-bond acceptors (Lipinski definition) is 3. The van der Waals surface area contributed by atoms with Gasteiger partial charge in [-0.3, -0.25) is 0 Å². The van der Waals surface area contributed by atoms with Crippen molar-refractivity contribution in [1.82, 2.24) is 0 Å². The summed E-state index contributed by atoms with van der Waals surface area (Å²) in [5.41, 5.74) is 0. The second-order valence-corrected chi connectivity index (χ2v) is 10.2. The maximum Gasteiger partial charge on any atom is 0.169 e. The minimum Gasteiger partial charge on any atom is -0.494 e. The van der Waals surface area contributed by atoms with Crippen molar-refractivity contribution in [3.8, 4) is 23.0 Å². The van der Waals surface area contributed by atoms with Crippen LogP contribution >= 0.6 is 0 Å². The van der Waals surface area contributed by atoms with E-state index in [4.69, 9.17) is 14.2 Å². The molecule has 0 unspecified atom stereocenters. The number of unbranched alkanes of at least 4 members (excludes halogenated alkanes) is 12. The molecule has 202 valence electrons. The first-order valence-electron chi connectivity index (χ1n) is 14.9. The first-order valence-corrected chi connectivity index (χ1v) is 14.9. The molecule has 0 saturated heterocycles. The molecule has 0 aliphatic heterocycles. The van der Waals surface area contributed by atoms with Gasteiger partial charge in [-0.1, -0.05) is 115 Å². The summed E-state index contributed by atoms with van der Waals surface area (Å²) >= 11 is 0. The minimum atomic E-state index is 0.707. The van der Waals surface area contributed by atoms with Crippen LogP contribution in [0.5, 0.6) is 23.0 Å². The van der Waals surface area contributed by atoms with Gasteiger partial charge in [0.1, 0.15) is 11.5 Å². The maximum absolute atomic E-state index is 6.27. The zero-order valence-electron chi connectivity index (χ0n) is 23.3. The highest BCUT2D eigenvalue weighted by Gasteiger charge is 2.11. The van der Waals surface area contributed by atoms with Gasteiger partial charge in [0, 0.05) is 0 Å². The fourth-order valence-electron chi connectivity index (χ4n) is 4.62. The van der Waals surface area contributed by atoms with Crippen LogP contribution in [0.3, 0.4) is 0 Å². The van der Waals surface area contributed by atoms with Crippen molar-refractivity contribution in [2.75, 3.05) is 13.2 Å². The quantitative estimate of drug-likeness (QED) is 0.143. The molecule has 0 aromatic heterocycles. The van der Waals surface area contributed by atoms with Gasteiger partial charge in [0.2, 0.25) is 0 Å². The lowest BCUT2D eigenvalue weighted by atomic mass is 10.1. The van der Waals surface area contributed by atoms with E-state index < -0.39 is 0 Å². The van der Waals surface area contributed by atoms with E-state index in [9.17, 15) is 0 Å². The predicted octanol–water partition coefficient (Wildman–Crippen LogP) is 10.9. The van der Waals surface area contributed by atoms with Crippen molar-refractivity contribution in [3.63, 3.8) is 0 Å². The van der Waals surface area contributed by atoms with Crippen LogP contribution in [0.1, 0.15) is 104 Å². The molecule has 0 aliphatic carbocycles. The van der Waals surface area contributed by atoms with Gasteiger partial charge in [0.25, 0.3) is 0 Å². The Balaban J connectivity index is 1.58. The molecule has 0 spiro atoms. The molecule has 3 aromatic rings. The zero-order valence-corrected chi connectivity index (χ0v) is 23.3. The Morgan fingerprint density at radius 2 is 1.03 bits per heavy atom. The fraction of sp³-hybridized carbons (Fsp3) is 0.529. The van der Waals surface area contributed by atoms with E-state index in [0.717, 1.165) is 53.2 Å². The standard InChI is InChI=1S/C34H48O3/c1-3-5-7-9-11-13-18-24-35-32-23-22-29-27-34(37-31-20-16-15-17-21-31)33(28-30(29)26-32)36-25-19-14-12-10-8-6-4-2/h15-17,20-23,26-28H,3-14,18-19,24-25H2,1-2H3. The molecule has 3 aromatic carbocycles. The molecular formula is C34H48O3. The van der Waals surface area contributed by atoms with Gasteiger partial charge in [-0.05, 0) is 60.0 Å². The van der Waals surface area contributed by atoms with Gasteiger partial charge in [-0.25, -0.2) is 0 Å². The summed E-state index contributed by atoms with van der Waals surface area (Å²) in [4.78, 5) is 0. The van der Waals surface area contributed by atoms with Crippen molar-refractivity contribution in [2.45, 2.75) is 104 Å².